The molecule has 3 aromatic rings. The highest BCUT2D eigenvalue weighted by Gasteiger charge is 2.31. The van der Waals surface area contributed by atoms with Crippen molar-refractivity contribution in [2.75, 3.05) is 13.2 Å². The number of rotatable bonds is 6. The summed E-state index contributed by atoms with van der Waals surface area (Å²) < 4.78 is 6.39. The topological polar surface area (TPSA) is 85.5 Å². The van der Waals surface area contributed by atoms with Crippen molar-refractivity contribution >= 4 is 39.4 Å². The van der Waals surface area contributed by atoms with E-state index in [4.69, 9.17) is 15.5 Å². The summed E-state index contributed by atoms with van der Waals surface area (Å²) in [6.45, 7) is 0.583. The minimum atomic E-state index is -0.520. The summed E-state index contributed by atoms with van der Waals surface area (Å²) in [6, 6.07) is 15.2. The third kappa shape index (κ3) is 4.46. The molecule has 0 radical (unpaired) electrons. The van der Waals surface area contributed by atoms with E-state index in [1.54, 1.807) is 35.6 Å². The molecule has 2 N–H and O–H groups in total. The zero-order valence-electron chi connectivity index (χ0n) is 15.8. The molecule has 0 bridgehead atoms. The molecule has 2 amide bonds. The number of ether oxygens (including phenoxy) is 1. The number of hydrogen-bond donors (Lipinski definition) is 1. The number of fused-ring (bicyclic) bond motifs is 1. The minimum Gasteiger partial charge on any atom is -0.484 e. The van der Waals surface area contributed by atoms with Gasteiger partial charge >= 0.3 is 0 Å². The maximum absolute atomic E-state index is 12.8. The van der Waals surface area contributed by atoms with Gasteiger partial charge in [0.2, 0.25) is 5.91 Å². The van der Waals surface area contributed by atoms with E-state index in [1.165, 1.54) is 0 Å². The van der Waals surface area contributed by atoms with Crippen molar-refractivity contribution in [3.05, 3.63) is 65.2 Å². The van der Waals surface area contributed by atoms with Crippen LogP contribution in [0, 0.1) is 0 Å². The van der Waals surface area contributed by atoms with Crippen molar-refractivity contribution in [2.45, 2.75) is 18.9 Å². The van der Waals surface area contributed by atoms with E-state index >= 15 is 0 Å². The predicted molar refractivity (Wildman–Crippen MR) is 113 cm³/mol. The Balaban J connectivity index is 1.43. The Labute approximate surface area is 172 Å². The number of carbonyl (C=O) groups excluding carboxylic acids is 2. The highest BCUT2D eigenvalue weighted by atomic mass is 32.1. The van der Waals surface area contributed by atoms with Crippen LogP contribution < -0.4 is 10.5 Å². The second kappa shape index (κ2) is 8.45. The molecule has 0 aliphatic carbocycles. The highest BCUT2D eigenvalue weighted by Crippen LogP contribution is 2.36. The monoisotopic (exact) mass is 407 g/mol. The van der Waals surface area contributed by atoms with Gasteiger partial charge in [0.05, 0.1) is 16.3 Å². The quantitative estimate of drug-likeness (QED) is 0.634. The van der Waals surface area contributed by atoms with Crippen molar-refractivity contribution in [3.8, 4) is 5.75 Å². The molecule has 148 valence electrons. The maximum Gasteiger partial charge on any atom is 0.255 e. The molecule has 1 atom stereocenters. The van der Waals surface area contributed by atoms with Crippen LogP contribution in [0.15, 0.2) is 54.6 Å². The van der Waals surface area contributed by atoms with E-state index in [0.717, 1.165) is 40.2 Å². The van der Waals surface area contributed by atoms with E-state index in [-0.39, 0.29) is 18.6 Å². The molecule has 1 fully saturated rings. The van der Waals surface area contributed by atoms with Crippen molar-refractivity contribution in [2.24, 2.45) is 5.73 Å². The van der Waals surface area contributed by atoms with Crippen LogP contribution in [-0.4, -0.2) is 34.8 Å². The number of benzene rings is 2. The van der Waals surface area contributed by atoms with Gasteiger partial charge in [-0.2, -0.15) is 0 Å². The van der Waals surface area contributed by atoms with Gasteiger partial charge in [-0.3, -0.25) is 9.59 Å². The fourth-order valence-electron chi connectivity index (χ4n) is 3.41. The number of para-hydroxylation sites is 1. The lowest BCUT2D eigenvalue weighted by Crippen LogP contribution is -2.28. The van der Waals surface area contributed by atoms with E-state index in [9.17, 15) is 9.59 Å². The molecule has 1 aliphatic heterocycles. The summed E-state index contributed by atoms with van der Waals surface area (Å²) in [6.07, 6.45) is 5.30. The molecular formula is C22H21N3O3S. The van der Waals surface area contributed by atoms with Crippen molar-refractivity contribution in [1.82, 2.24) is 9.88 Å². The second-order valence-electron chi connectivity index (χ2n) is 6.87. The fraction of sp³-hybridized carbons (Fsp3) is 0.227. The predicted octanol–water partition coefficient (Wildman–Crippen LogP) is 3.54. The molecule has 0 spiro atoms. The molecule has 1 aliphatic rings. The molecule has 4 rings (SSSR count). The van der Waals surface area contributed by atoms with Gasteiger partial charge in [0.1, 0.15) is 10.8 Å². The normalized spacial score (nSPS) is 16.6. The smallest absolute Gasteiger partial charge is 0.255 e. The van der Waals surface area contributed by atoms with Crippen LogP contribution in [0.4, 0.5) is 0 Å². The summed E-state index contributed by atoms with van der Waals surface area (Å²) >= 11 is 1.66. The third-order valence-electron chi connectivity index (χ3n) is 4.81. The van der Waals surface area contributed by atoms with Gasteiger partial charge in [-0.15, -0.1) is 11.3 Å². The molecule has 1 saturated heterocycles. The third-order valence-corrected chi connectivity index (χ3v) is 5.95. The number of likely N-dealkylation sites (tertiary alicyclic amines) is 1. The summed E-state index contributed by atoms with van der Waals surface area (Å²) in [5.41, 5.74) is 6.93. The lowest BCUT2D eigenvalue weighted by Gasteiger charge is -2.21. The number of nitrogens with zero attached hydrogens (tertiary/aromatic N) is 2. The Hall–Kier alpha value is -3.19. The first-order valence-corrected chi connectivity index (χ1v) is 10.3. The number of hydrogen-bond acceptors (Lipinski definition) is 5. The van der Waals surface area contributed by atoms with Gasteiger partial charge in [-0.25, -0.2) is 4.98 Å². The summed E-state index contributed by atoms with van der Waals surface area (Å²) in [4.78, 5) is 30.2. The summed E-state index contributed by atoms with van der Waals surface area (Å²) in [5.74, 6) is 0.0244. The van der Waals surface area contributed by atoms with Crippen LogP contribution in [0.2, 0.25) is 0 Å². The van der Waals surface area contributed by atoms with Gasteiger partial charge in [-0.1, -0.05) is 24.3 Å². The summed E-state index contributed by atoms with van der Waals surface area (Å²) in [7, 11) is 0. The van der Waals surface area contributed by atoms with E-state index in [2.05, 4.69) is 6.07 Å². The van der Waals surface area contributed by atoms with Crippen LogP contribution in [0.3, 0.4) is 0 Å². The van der Waals surface area contributed by atoms with E-state index < -0.39 is 5.91 Å². The van der Waals surface area contributed by atoms with Crippen molar-refractivity contribution in [3.63, 3.8) is 0 Å². The van der Waals surface area contributed by atoms with Crippen LogP contribution >= 0.6 is 11.3 Å². The van der Waals surface area contributed by atoms with E-state index in [0.29, 0.717) is 5.75 Å². The standard InChI is InChI=1S/C22H21N3O3S/c23-20(26)14-28-16-10-7-15(8-11-16)9-12-21(27)25-13-3-5-18(25)22-24-17-4-1-2-6-19(17)29-22/h1-2,4,6-12,18H,3,5,13-14H2,(H2,23,26). The van der Waals surface area contributed by atoms with Crippen LogP contribution in [-0.2, 0) is 9.59 Å². The van der Waals surface area contributed by atoms with Crippen LogP contribution in [0.1, 0.15) is 29.5 Å². The zero-order valence-corrected chi connectivity index (χ0v) is 16.6. The van der Waals surface area contributed by atoms with Crippen molar-refractivity contribution in [1.29, 1.82) is 0 Å². The number of thiazole rings is 1. The molecule has 6 nitrogen and oxygen atoms in total. The first kappa shape index (κ1) is 19.1. The van der Waals surface area contributed by atoms with Crippen molar-refractivity contribution < 1.29 is 14.3 Å². The van der Waals surface area contributed by atoms with Gasteiger partial charge in [-0.05, 0) is 48.7 Å². The average molecular weight is 407 g/mol. The van der Waals surface area contributed by atoms with Crippen LogP contribution in [0.25, 0.3) is 16.3 Å². The Kier molecular flexibility index (Phi) is 5.57. The molecule has 29 heavy (non-hydrogen) atoms. The number of amides is 2. The zero-order chi connectivity index (χ0) is 20.2. The fourth-order valence-corrected chi connectivity index (χ4v) is 4.53. The first-order valence-electron chi connectivity index (χ1n) is 9.45. The molecule has 2 aromatic carbocycles. The summed E-state index contributed by atoms with van der Waals surface area (Å²) in [5, 5.41) is 1.00. The molecular weight excluding hydrogens is 386 g/mol. The SMILES string of the molecule is NC(=O)COc1ccc(C=CC(=O)N2CCCC2c2nc3ccccc3s2)cc1. The van der Waals surface area contributed by atoms with Crippen LogP contribution in [0.5, 0.6) is 5.75 Å². The van der Waals surface area contributed by atoms with E-state index in [1.807, 2.05) is 35.2 Å². The molecule has 2 heterocycles. The van der Waals surface area contributed by atoms with Gasteiger partial charge in [0, 0.05) is 12.6 Å². The lowest BCUT2D eigenvalue weighted by molar-refractivity contribution is -0.126. The molecule has 1 unspecified atom stereocenters. The number of nitrogens with two attached hydrogens (primary N) is 1. The largest absolute Gasteiger partial charge is 0.484 e. The lowest BCUT2D eigenvalue weighted by atomic mass is 10.2. The molecule has 7 heteroatoms. The Morgan fingerprint density at radius 2 is 2.00 bits per heavy atom. The van der Waals surface area contributed by atoms with Gasteiger partial charge in [0.25, 0.3) is 5.91 Å². The second-order valence-corrected chi connectivity index (χ2v) is 7.93. The Bertz CT molecular complexity index is 1030. The Morgan fingerprint density at radius 3 is 2.76 bits per heavy atom. The number of primary amides is 1. The van der Waals surface area contributed by atoms with Gasteiger partial charge < -0.3 is 15.4 Å². The average Bonchev–Trinajstić information content (AvgIpc) is 3.37. The number of carbonyl (C=O) groups is 2. The first-order chi connectivity index (χ1) is 14.1. The molecule has 0 saturated carbocycles. The Morgan fingerprint density at radius 1 is 1.21 bits per heavy atom. The molecule has 1 aromatic heterocycles. The minimum absolute atomic E-state index is 0.0131. The van der Waals surface area contributed by atoms with Gasteiger partial charge in [0.15, 0.2) is 6.61 Å². The highest BCUT2D eigenvalue weighted by molar-refractivity contribution is 7.18. The maximum atomic E-state index is 12.8. The number of aromatic nitrogens is 1.